The predicted octanol–water partition coefficient (Wildman–Crippen LogP) is 6.59. The van der Waals surface area contributed by atoms with E-state index in [4.69, 9.17) is 4.74 Å². The van der Waals surface area contributed by atoms with Crippen LogP contribution in [0.1, 0.15) is 72.0 Å². The summed E-state index contributed by atoms with van der Waals surface area (Å²) in [6.07, 6.45) is 3.45. The fourth-order valence-electron chi connectivity index (χ4n) is 4.90. The molecule has 4 nitrogen and oxygen atoms in total. The number of ketones is 2. The summed E-state index contributed by atoms with van der Waals surface area (Å²) in [6, 6.07) is 24.8. The Hall–Kier alpha value is -3.40. The molecule has 0 unspecified atom stereocenters. The minimum absolute atomic E-state index is 0.106. The van der Waals surface area contributed by atoms with Gasteiger partial charge in [0.2, 0.25) is 0 Å². The molecule has 4 heteroatoms. The molecule has 186 valence electrons. The minimum Gasteiger partial charge on any atom is -0.493 e. The van der Waals surface area contributed by atoms with E-state index < -0.39 is 0 Å². The standard InChI is InChI=1S/C32H35NO3/c1-22(16-32(35)28-5-3-4-25(18-28)17-23(2)34)26-8-10-27(11-9-26)29-19-33(20-29)30-12-14-31(15-13-30)36-21-24-6-7-24/h3-5,8-15,18,22,24,29H,6-7,16-17,19-21H2,1-2H3/t22-/m1/s1. The van der Waals surface area contributed by atoms with Crippen molar-refractivity contribution in [3.05, 3.63) is 95.1 Å². The highest BCUT2D eigenvalue weighted by Gasteiger charge is 2.28. The second-order valence-electron chi connectivity index (χ2n) is 10.6. The summed E-state index contributed by atoms with van der Waals surface area (Å²) in [5, 5.41) is 0. The number of benzene rings is 3. The minimum atomic E-state index is 0.106. The van der Waals surface area contributed by atoms with Crippen LogP contribution < -0.4 is 9.64 Å². The SMILES string of the molecule is CC(=O)Cc1cccc(C(=O)C[C@@H](C)c2ccc(C3CN(c4ccc(OCC5CC5)cc4)C3)cc2)c1. The lowest BCUT2D eigenvalue weighted by molar-refractivity contribution is -0.116. The van der Waals surface area contributed by atoms with Gasteiger partial charge in [-0.3, -0.25) is 9.59 Å². The van der Waals surface area contributed by atoms with Crippen molar-refractivity contribution in [1.82, 2.24) is 0 Å². The molecule has 5 rings (SSSR count). The average Bonchev–Trinajstić information content (AvgIpc) is 3.67. The van der Waals surface area contributed by atoms with Crippen molar-refractivity contribution in [2.75, 3.05) is 24.6 Å². The number of hydrogen-bond acceptors (Lipinski definition) is 4. The van der Waals surface area contributed by atoms with Gasteiger partial charge in [-0.05, 0) is 78.6 Å². The van der Waals surface area contributed by atoms with Crippen molar-refractivity contribution in [2.45, 2.75) is 51.4 Å². The zero-order valence-corrected chi connectivity index (χ0v) is 21.3. The van der Waals surface area contributed by atoms with Gasteiger partial charge >= 0.3 is 0 Å². The normalized spacial score (nSPS) is 16.3. The van der Waals surface area contributed by atoms with Gasteiger partial charge in [-0.25, -0.2) is 0 Å². The smallest absolute Gasteiger partial charge is 0.163 e. The number of anilines is 1. The highest BCUT2D eigenvalue weighted by atomic mass is 16.5. The Balaban J connectivity index is 1.12. The van der Waals surface area contributed by atoms with Crippen molar-refractivity contribution in [3.8, 4) is 5.75 Å². The molecule has 1 saturated heterocycles. The summed E-state index contributed by atoms with van der Waals surface area (Å²) in [6.45, 7) is 6.57. The van der Waals surface area contributed by atoms with Gasteiger partial charge in [-0.1, -0.05) is 49.4 Å². The Morgan fingerprint density at radius 1 is 0.972 bits per heavy atom. The maximum atomic E-state index is 12.9. The third-order valence-electron chi connectivity index (χ3n) is 7.44. The first-order valence-electron chi connectivity index (χ1n) is 13.1. The summed E-state index contributed by atoms with van der Waals surface area (Å²) in [4.78, 5) is 26.7. The largest absolute Gasteiger partial charge is 0.493 e. The number of hydrogen-bond donors (Lipinski definition) is 0. The van der Waals surface area contributed by atoms with E-state index in [1.807, 2.05) is 24.3 Å². The lowest BCUT2D eigenvalue weighted by atomic mass is 9.87. The quantitative estimate of drug-likeness (QED) is 0.290. The Labute approximate surface area is 214 Å². The Bertz CT molecular complexity index is 1200. The zero-order valence-electron chi connectivity index (χ0n) is 21.3. The van der Waals surface area contributed by atoms with Crippen LogP contribution in [0.25, 0.3) is 0 Å². The highest BCUT2D eigenvalue weighted by molar-refractivity contribution is 5.97. The molecule has 1 aliphatic heterocycles. The van der Waals surface area contributed by atoms with Gasteiger partial charge in [-0.15, -0.1) is 0 Å². The van der Waals surface area contributed by atoms with Gasteiger partial charge < -0.3 is 9.64 Å². The molecule has 2 fully saturated rings. The molecular weight excluding hydrogens is 446 g/mol. The van der Waals surface area contributed by atoms with Gasteiger partial charge in [0.25, 0.3) is 0 Å². The second-order valence-corrected chi connectivity index (χ2v) is 10.6. The van der Waals surface area contributed by atoms with Gasteiger partial charge in [0.05, 0.1) is 6.61 Å². The lowest BCUT2D eigenvalue weighted by Crippen LogP contribution is -2.45. The van der Waals surface area contributed by atoms with Crippen LogP contribution in [0.2, 0.25) is 0 Å². The molecule has 0 bridgehead atoms. The first kappa shape index (κ1) is 24.3. The van der Waals surface area contributed by atoms with Crippen LogP contribution in [0.4, 0.5) is 5.69 Å². The third-order valence-corrected chi connectivity index (χ3v) is 7.44. The summed E-state index contributed by atoms with van der Waals surface area (Å²) in [5.74, 6) is 2.64. The van der Waals surface area contributed by atoms with Crippen LogP contribution in [-0.4, -0.2) is 31.3 Å². The van der Waals surface area contributed by atoms with Crippen LogP contribution in [0.15, 0.2) is 72.8 Å². The monoisotopic (exact) mass is 481 g/mol. The fourth-order valence-corrected chi connectivity index (χ4v) is 4.90. The molecule has 1 atom stereocenters. The Morgan fingerprint density at radius 3 is 2.36 bits per heavy atom. The number of carbonyl (C=O) groups is 2. The van der Waals surface area contributed by atoms with E-state index in [1.54, 1.807) is 6.92 Å². The summed E-state index contributed by atoms with van der Waals surface area (Å²) < 4.78 is 5.85. The molecule has 0 aromatic heterocycles. The van der Waals surface area contributed by atoms with E-state index >= 15 is 0 Å². The first-order chi connectivity index (χ1) is 17.4. The van der Waals surface area contributed by atoms with Gasteiger partial charge in [0.1, 0.15) is 11.5 Å². The number of Topliss-reactive ketones (excluding diaryl/α,β-unsaturated/α-hetero) is 2. The molecule has 1 saturated carbocycles. The van der Waals surface area contributed by atoms with E-state index in [0.717, 1.165) is 36.9 Å². The highest BCUT2D eigenvalue weighted by Crippen LogP contribution is 2.34. The molecule has 1 heterocycles. The molecule has 36 heavy (non-hydrogen) atoms. The van der Waals surface area contributed by atoms with E-state index in [1.165, 1.54) is 29.7 Å². The average molecular weight is 482 g/mol. The maximum absolute atomic E-state index is 12.9. The number of ether oxygens (including phenoxy) is 1. The second kappa shape index (κ2) is 10.7. The molecular formula is C32H35NO3. The van der Waals surface area contributed by atoms with Crippen LogP contribution >= 0.6 is 0 Å². The Morgan fingerprint density at radius 2 is 1.69 bits per heavy atom. The van der Waals surface area contributed by atoms with E-state index in [9.17, 15) is 9.59 Å². The van der Waals surface area contributed by atoms with Crippen molar-refractivity contribution < 1.29 is 14.3 Å². The summed E-state index contributed by atoms with van der Waals surface area (Å²) >= 11 is 0. The molecule has 0 spiro atoms. The summed E-state index contributed by atoms with van der Waals surface area (Å²) in [5.41, 5.74) is 5.38. The van der Waals surface area contributed by atoms with Crippen LogP contribution in [0.5, 0.6) is 5.75 Å². The van der Waals surface area contributed by atoms with Crippen molar-refractivity contribution in [1.29, 1.82) is 0 Å². The molecule has 3 aromatic carbocycles. The van der Waals surface area contributed by atoms with Crippen molar-refractivity contribution in [3.63, 3.8) is 0 Å². The van der Waals surface area contributed by atoms with E-state index in [-0.39, 0.29) is 17.5 Å². The summed E-state index contributed by atoms with van der Waals surface area (Å²) in [7, 11) is 0. The van der Waals surface area contributed by atoms with Crippen LogP contribution in [0, 0.1) is 5.92 Å². The molecule has 0 radical (unpaired) electrons. The van der Waals surface area contributed by atoms with Crippen molar-refractivity contribution >= 4 is 17.3 Å². The lowest BCUT2D eigenvalue weighted by Gasteiger charge is -2.41. The van der Waals surface area contributed by atoms with Crippen LogP contribution in [-0.2, 0) is 11.2 Å². The molecule has 3 aromatic rings. The molecule has 0 N–H and O–H groups in total. The topological polar surface area (TPSA) is 46.6 Å². The number of carbonyl (C=O) groups excluding carboxylic acids is 2. The van der Waals surface area contributed by atoms with Gasteiger partial charge in [0.15, 0.2) is 5.78 Å². The van der Waals surface area contributed by atoms with Crippen molar-refractivity contribution in [2.24, 2.45) is 5.92 Å². The van der Waals surface area contributed by atoms with E-state index in [2.05, 4.69) is 60.4 Å². The molecule has 1 aliphatic carbocycles. The third kappa shape index (κ3) is 6.04. The van der Waals surface area contributed by atoms with Gasteiger partial charge in [0, 0.05) is 43.1 Å². The molecule has 2 aliphatic rings. The fraction of sp³-hybridized carbons (Fsp3) is 0.375. The molecule has 0 amide bonds. The maximum Gasteiger partial charge on any atom is 0.163 e. The van der Waals surface area contributed by atoms with E-state index in [0.29, 0.717) is 24.3 Å². The van der Waals surface area contributed by atoms with Crippen LogP contribution in [0.3, 0.4) is 0 Å². The predicted molar refractivity (Wildman–Crippen MR) is 144 cm³/mol. The van der Waals surface area contributed by atoms with Gasteiger partial charge in [-0.2, -0.15) is 0 Å². The Kier molecular flexibility index (Phi) is 7.22. The first-order valence-corrected chi connectivity index (χ1v) is 13.1. The number of rotatable bonds is 11. The zero-order chi connectivity index (χ0) is 25.1. The number of nitrogens with zero attached hydrogens (tertiary/aromatic N) is 1.